The number of ether oxygens (including phenoxy) is 1. The molecule has 0 radical (unpaired) electrons. The number of pyridine rings is 1. The molecule has 0 atom stereocenters. The molecular weight excluding hydrogens is 318 g/mol. The summed E-state index contributed by atoms with van der Waals surface area (Å²) in [5, 5.41) is 3.13. The van der Waals surface area contributed by atoms with Gasteiger partial charge < -0.3 is 10.1 Å². The van der Waals surface area contributed by atoms with Gasteiger partial charge in [-0.25, -0.2) is 4.98 Å². The minimum Gasteiger partial charge on any atom is -0.497 e. The highest BCUT2D eigenvalue weighted by molar-refractivity contribution is 9.10. The van der Waals surface area contributed by atoms with Crippen LogP contribution in [-0.2, 0) is 0 Å². The SMILES string of the molecule is CNc1ccn2c(-c3ccc(OC)cc3)nc(Br)c2c1. The lowest BCUT2D eigenvalue weighted by Crippen LogP contribution is -1.92. The van der Waals surface area contributed by atoms with E-state index in [9.17, 15) is 0 Å². The van der Waals surface area contributed by atoms with Gasteiger partial charge in [-0.1, -0.05) is 0 Å². The van der Waals surface area contributed by atoms with Gasteiger partial charge in [0.1, 0.15) is 16.2 Å². The molecule has 0 aliphatic rings. The van der Waals surface area contributed by atoms with Crippen molar-refractivity contribution in [2.45, 2.75) is 0 Å². The Balaban J connectivity index is 2.15. The van der Waals surface area contributed by atoms with Gasteiger partial charge in [0, 0.05) is 24.5 Å². The van der Waals surface area contributed by atoms with Gasteiger partial charge in [0.2, 0.25) is 0 Å². The number of nitrogens with one attached hydrogen (secondary N) is 1. The molecule has 0 aliphatic carbocycles. The van der Waals surface area contributed by atoms with Crippen LogP contribution in [0.5, 0.6) is 5.75 Å². The van der Waals surface area contributed by atoms with Crippen molar-refractivity contribution in [3.05, 3.63) is 47.2 Å². The fraction of sp³-hybridized carbons (Fsp3) is 0.133. The summed E-state index contributed by atoms with van der Waals surface area (Å²) >= 11 is 3.52. The van der Waals surface area contributed by atoms with Gasteiger partial charge in [-0.15, -0.1) is 0 Å². The molecule has 102 valence electrons. The second-order valence-corrected chi connectivity index (χ2v) is 5.13. The van der Waals surface area contributed by atoms with Crippen molar-refractivity contribution in [3.8, 4) is 17.1 Å². The lowest BCUT2D eigenvalue weighted by Gasteiger charge is -2.05. The molecule has 0 saturated carbocycles. The summed E-state index contributed by atoms with van der Waals surface area (Å²) in [6, 6.07) is 12.0. The molecule has 3 aromatic rings. The molecule has 20 heavy (non-hydrogen) atoms. The highest BCUT2D eigenvalue weighted by Gasteiger charge is 2.11. The van der Waals surface area contributed by atoms with E-state index in [0.29, 0.717) is 0 Å². The van der Waals surface area contributed by atoms with Crippen molar-refractivity contribution < 1.29 is 4.74 Å². The summed E-state index contributed by atoms with van der Waals surface area (Å²) in [5.74, 6) is 1.74. The average Bonchev–Trinajstić information content (AvgIpc) is 2.84. The van der Waals surface area contributed by atoms with Crippen LogP contribution < -0.4 is 10.1 Å². The number of imidazole rings is 1. The van der Waals surface area contributed by atoms with Gasteiger partial charge in [0.05, 0.1) is 12.6 Å². The van der Waals surface area contributed by atoms with Crippen LogP contribution in [0, 0.1) is 0 Å². The van der Waals surface area contributed by atoms with Crippen molar-refractivity contribution >= 4 is 27.1 Å². The van der Waals surface area contributed by atoms with Gasteiger partial charge >= 0.3 is 0 Å². The molecule has 2 aromatic heterocycles. The summed E-state index contributed by atoms with van der Waals surface area (Å²) in [7, 11) is 3.57. The molecule has 0 aliphatic heterocycles. The maximum Gasteiger partial charge on any atom is 0.145 e. The molecule has 0 spiro atoms. The molecule has 0 amide bonds. The Kier molecular flexibility index (Phi) is 3.36. The maximum absolute atomic E-state index is 5.18. The second-order valence-electron chi connectivity index (χ2n) is 4.38. The third kappa shape index (κ3) is 2.14. The number of anilines is 1. The molecule has 5 heteroatoms. The van der Waals surface area contributed by atoms with E-state index >= 15 is 0 Å². The van der Waals surface area contributed by atoms with Gasteiger partial charge in [-0.05, 0) is 52.3 Å². The van der Waals surface area contributed by atoms with Crippen LogP contribution >= 0.6 is 15.9 Å². The molecule has 0 fully saturated rings. The number of nitrogens with zero attached hydrogens (tertiary/aromatic N) is 2. The predicted molar refractivity (Wildman–Crippen MR) is 84.4 cm³/mol. The van der Waals surface area contributed by atoms with E-state index in [1.54, 1.807) is 7.11 Å². The predicted octanol–water partition coefficient (Wildman–Crippen LogP) is 3.81. The average molecular weight is 332 g/mol. The summed E-state index contributed by atoms with van der Waals surface area (Å²) in [4.78, 5) is 4.60. The minimum absolute atomic E-state index is 0.834. The van der Waals surface area contributed by atoms with Crippen molar-refractivity contribution in [3.63, 3.8) is 0 Å². The summed E-state index contributed by atoms with van der Waals surface area (Å²) in [6.07, 6.45) is 2.01. The fourth-order valence-electron chi connectivity index (χ4n) is 2.15. The van der Waals surface area contributed by atoms with Gasteiger partial charge in [0.25, 0.3) is 0 Å². The largest absolute Gasteiger partial charge is 0.497 e. The highest BCUT2D eigenvalue weighted by Crippen LogP contribution is 2.28. The molecule has 3 rings (SSSR count). The van der Waals surface area contributed by atoms with Gasteiger partial charge in [-0.2, -0.15) is 0 Å². The number of fused-ring (bicyclic) bond motifs is 1. The number of rotatable bonds is 3. The highest BCUT2D eigenvalue weighted by atomic mass is 79.9. The van der Waals surface area contributed by atoms with Crippen molar-refractivity contribution in [1.82, 2.24) is 9.38 Å². The van der Waals surface area contributed by atoms with Crippen LogP contribution in [-0.4, -0.2) is 23.5 Å². The third-order valence-corrected chi connectivity index (χ3v) is 3.82. The zero-order chi connectivity index (χ0) is 14.1. The molecule has 1 N–H and O–H groups in total. The standard InChI is InChI=1S/C15H14BrN3O/c1-17-11-7-8-19-13(9-11)14(16)18-15(19)10-3-5-12(20-2)6-4-10/h3-9,17H,1-2H3. The second kappa shape index (κ2) is 5.17. The van der Waals surface area contributed by atoms with Crippen LogP contribution in [0.25, 0.3) is 16.9 Å². The number of methoxy groups -OCH3 is 1. The van der Waals surface area contributed by atoms with E-state index < -0.39 is 0 Å². The summed E-state index contributed by atoms with van der Waals surface area (Å²) in [5.41, 5.74) is 3.13. The van der Waals surface area contributed by atoms with E-state index in [2.05, 4.69) is 36.7 Å². The molecule has 0 bridgehead atoms. The van der Waals surface area contributed by atoms with E-state index in [1.165, 1.54) is 0 Å². The van der Waals surface area contributed by atoms with E-state index in [-0.39, 0.29) is 0 Å². The fourth-order valence-corrected chi connectivity index (χ4v) is 2.62. The van der Waals surface area contributed by atoms with Crippen LogP contribution in [0.2, 0.25) is 0 Å². The number of benzene rings is 1. The zero-order valence-electron chi connectivity index (χ0n) is 11.2. The molecule has 1 aromatic carbocycles. The first-order valence-corrected chi connectivity index (χ1v) is 7.02. The van der Waals surface area contributed by atoms with Crippen LogP contribution in [0.15, 0.2) is 47.2 Å². The van der Waals surface area contributed by atoms with Crippen LogP contribution in [0.4, 0.5) is 5.69 Å². The Morgan fingerprint density at radius 2 is 1.95 bits per heavy atom. The number of aromatic nitrogens is 2. The Hall–Kier alpha value is -2.01. The van der Waals surface area contributed by atoms with Crippen LogP contribution in [0.3, 0.4) is 0 Å². The Labute approximate surface area is 125 Å². The zero-order valence-corrected chi connectivity index (χ0v) is 12.8. The molecule has 2 heterocycles. The Morgan fingerprint density at radius 1 is 1.20 bits per heavy atom. The number of hydrogen-bond donors (Lipinski definition) is 1. The minimum atomic E-state index is 0.834. The lowest BCUT2D eigenvalue weighted by molar-refractivity contribution is 0.415. The summed E-state index contributed by atoms with van der Waals surface area (Å²) in [6.45, 7) is 0. The molecule has 0 unspecified atom stereocenters. The smallest absolute Gasteiger partial charge is 0.145 e. The Bertz CT molecular complexity index is 750. The van der Waals surface area contributed by atoms with Crippen molar-refractivity contribution in [2.24, 2.45) is 0 Å². The molecular formula is C15H14BrN3O. The normalized spacial score (nSPS) is 10.8. The van der Waals surface area contributed by atoms with Crippen molar-refractivity contribution in [1.29, 1.82) is 0 Å². The first kappa shape index (κ1) is 13.0. The monoisotopic (exact) mass is 331 g/mol. The quantitative estimate of drug-likeness (QED) is 0.793. The van der Waals surface area contributed by atoms with Crippen LogP contribution in [0.1, 0.15) is 0 Å². The van der Waals surface area contributed by atoms with E-state index in [0.717, 1.165) is 32.9 Å². The third-order valence-electron chi connectivity index (χ3n) is 3.24. The number of halogens is 1. The lowest BCUT2D eigenvalue weighted by atomic mass is 10.2. The Morgan fingerprint density at radius 3 is 2.60 bits per heavy atom. The first-order valence-electron chi connectivity index (χ1n) is 6.22. The topological polar surface area (TPSA) is 38.6 Å². The maximum atomic E-state index is 5.18. The van der Waals surface area contributed by atoms with Crippen molar-refractivity contribution in [2.75, 3.05) is 19.5 Å². The van der Waals surface area contributed by atoms with E-state index in [1.807, 2.05) is 43.6 Å². The van der Waals surface area contributed by atoms with Gasteiger partial charge in [-0.3, -0.25) is 4.40 Å². The van der Waals surface area contributed by atoms with Gasteiger partial charge in [0.15, 0.2) is 0 Å². The first-order chi connectivity index (χ1) is 9.72. The van der Waals surface area contributed by atoms with E-state index in [4.69, 9.17) is 4.74 Å². The summed E-state index contributed by atoms with van der Waals surface area (Å²) < 4.78 is 8.08. The number of hydrogen-bond acceptors (Lipinski definition) is 3. The molecule has 4 nitrogen and oxygen atoms in total. The molecule has 0 saturated heterocycles.